The molecule has 0 radical (unpaired) electrons. The van der Waals surface area contributed by atoms with Crippen LogP contribution in [0.2, 0.25) is 0 Å². The number of halogens is 1. The van der Waals surface area contributed by atoms with Crippen LogP contribution in [0.25, 0.3) is 0 Å². The number of amides is 1. The van der Waals surface area contributed by atoms with Gasteiger partial charge in [0.05, 0.1) is 6.10 Å². The molecule has 2 rings (SSSR count). The van der Waals surface area contributed by atoms with Gasteiger partial charge in [0.15, 0.2) is 5.96 Å². The van der Waals surface area contributed by atoms with Crippen LogP contribution in [0.15, 0.2) is 4.99 Å². The molecule has 1 aliphatic carbocycles. The molecule has 7 heteroatoms. The second kappa shape index (κ2) is 12.7. The van der Waals surface area contributed by atoms with Gasteiger partial charge < -0.3 is 20.3 Å². The van der Waals surface area contributed by atoms with Gasteiger partial charge >= 0.3 is 0 Å². The van der Waals surface area contributed by atoms with E-state index in [2.05, 4.69) is 15.6 Å². The van der Waals surface area contributed by atoms with E-state index in [1.807, 2.05) is 0 Å². The van der Waals surface area contributed by atoms with Gasteiger partial charge in [0.2, 0.25) is 5.91 Å². The van der Waals surface area contributed by atoms with Crippen LogP contribution in [0.3, 0.4) is 0 Å². The maximum absolute atomic E-state index is 11.8. The van der Waals surface area contributed by atoms with Gasteiger partial charge in [0.25, 0.3) is 0 Å². The lowest BCUT2D eigenvalue weighted by Gasteiger charge is -2.16. The van der Waals surface area contributed by atoms with E-state index in [4.69, 9.17) is 4.74 Å². The molecule has 0 aromatic rings. The van der Waals surface area contributed by atoms with Crippen LogP contribution in [0.1, 0.15) is 51.4 Å². The summed E-state index contributed by atoms with van der Waals surface area (Å²) in [4.78, 5) is 17.7. The number of hydrogen-bond donors (Lipinski definition) is 2. The standard InChI is InChI=1S/C18H34N4O2.HI/c1-22(2)17(23)14-21-18(20-13-16-10-6-12-24-16)19-11-5-9-15-7-3-4-8-15;/h15-16H,3-14H2,1-2H3,(H2,19,20,21);1H. The molecule has 1 amide bonds. The maximum Gasteiger partial charge on any atom is 0.243 e. The zero-order valence-electron chi connectivity index (χ0n) is 15.8. The van der Waals surface area contributed by atoms with Crippen LogP contribution >= 0.6 is 24.0 Å². The molecule has 0 aromatic heterocycles. The average molecular weight is 466 g/mol. The molecule has 1 saturated carbocycles. The highest BCUT2D eigenvalue weighted by Crippen LogP contribution is 2.28. The van der Waals surface area contributed by atoms with Crippen molar-refractivity contribution in [3.8, 4) is 0 Å². The minimum atomic E-state index is 0. The summed E-state index contributed by atoms with van der Waals surface area (Å²) < 4.78 is 5.64. The summed E-state index contributed by atoms with van der Waals surface area (Å²) in [5, 5.41) is 6.70. The number of nitrogens with zero attached hydrogens (tertiary/aromatic N) is 2. The Kier molecular flexibility index (Phi) is 11.4. The van der Waals surface area contributed by atoms with Crippen LogP contribution in [0.4, 0.5) is 0 Å². The van der Waals surface area contributed by atoms with Crippen molar-refractivity contribution in [1.82, 2.24) is 15.5 Å². The first-order chi connectivity index (χ1) is 11.6. The Hall–Kier alpha value is -0.570. The predicted molar refractivity (Wildman–Crippen MR) is 113 cm³/mol. The quantitative estimate of drug-likeness (QED) is 0.250. The molecule has 1 aliphatic heterocycles. The fraction of sp³-hybridized carbons (Fsp3) is 0.889. The molecule has 0 spiro atoms. The Labute approximate surface area is 169 Å². The average Bonchev–Trinajstić information content (AvgIpc) is 3.26. The molecule has 0 bridgehead atoms. The van der Waals surface area contributed by atoms with Crippen molar-refractivity contribution in [3.05, 3.63) is 0 Å². The van der Waals surface area contributed by atoms with Gasteiger partial charge in [-0.2, -0.15) is 0 Å². The third-order valence-corrected chi connectivity index (χ3v) is 4.95. The van der Waals surface area contributed by atoms with Crippen LogP contribution in [0, 0.1) is 5.92 Å². The van der Waals surface area contributed by atoms with Crippen molar-refractivity contribution in [2.75, 3.05) is 40.3 Å². The van der Waals surface area contributed by atoms with Crippen LogP contribution in [-0.2, 0) is 9.53 Å². The summed E-state index contributed by atoms with van der Waals surface area (Å²) >= 11 is 0. The molecule has 2 N–H and O–H groups in total. The van der Waals surface area contributed by atoms with Gasteiger partial charge in [-0.25, -0.2) is 4.99 Å². The number of likely N-dealkylation sites (N-methyl/N-ethyl adjacent to an activating group) is 1. The minimum absolute atomic E-state index is 0. The lowest BCUT2D eigenvalue weighted by Crippen LogP contribution is -2.42. The van der Waals surface area contributed by atoms with Gasteiger partial charge in [-0.3, -0.25) is 4.79 Å². The van der Waals surface area contributed by atoms with Crippen molar-refractivity contribution in [1.29, 1.82) is 0 Å². The molecule has 2 fully saturated rings. The van der Waals surface area contributed by atoms with Crippen molar-refractivity contribution >= 4 is 35.8 Å². The molecule has 0 aromatic carbocycles. The molecule has 1 saturated heterocycles. The number of rotatable bonds is 8. The van der Waals surface area contributed by atoms with Crippen molar-refractivity contribution in [2.24, 2.45) is 10.9 Å². The molecule has 146 valence electrons. The van der Waals surface area contributed by atoms with Crippen LogP contribution in [0.5, 0.6) is 0 Å². The number of hydrogen-bond acceptors (Lipinski definition) is 3. The van der Waals surface area contributed by atoms with Crippen molar-refractivity contribution < 1.29 is 9.53 Å². The lowest BCUT2D eigenvalue weighted by molar-refractivity contribution is -0.127. The van der Waals surface area contributed by atoms with Gasteiger partial charge in [0, 0.05) is 33.8 Å². The maximum atomic E-state index is 11.8. The van der Waals surface area contributed by atoms with E-state index in [0.717, 1.165) is 50.8 Å². The van der Waals surface area contributed by atoms with Crippen LogP contribution < -0.4 is 10.6 Å². The zero-order chi connectivity index (χ0) is 17.2. The summed E-state index contributed by atoms with van der Waals surface area (Å²) in [7, 11) is 3.51. The Balaban J connectivity index is 0.00000312. The molecule has 25 heavy (non-hydrogen) atoms. The van der Waals surface area contributed by atoms with E-state index in [1.165, 1.54) is 32.1 Å². The molecular weight excluding hydrogens is 431 g/mol. The minimum Gasteiger partial charge on any atom is -0.376 e. The highest BCUT2D eigenvalue weighted by Gasteiger charge is 2.16. The fourth-order valence-electron chi connectivity index (χ4n) is 3.37. The number of carbonyl (C=O) groups is 1. The summed E-state index contributed by atoms with van der Waals surface area (Å²) in [5.41, 5.74) is 0. The lowest BCUT2D eigenvalue weighted by atomic mass is 10.0. The van der Waals surface area contributed by atoms with Gasteiger partial charge in [0.1, 0.15) is 6.54 Å². The number of carbonyl (C=O) groups excluding carboxylic acids is 1. The largest absolute Gasteiger partial charge is 0.376 e. The molecule has 6 nitrogen and oxygen atoms in total. The SMILES string of the molecule is CN(C)C(=O)CN=C(NCCCC1CCCC1)NCC1CCCO1.I. The van der Waals surface area contributed by atoms with E-state index >= 15 is 0 Å². The zero-order valence-corrected chi connectivity index (χ0v) is 18.1. The van der Waals surface area contributed by atoms with Crippen LogP contribution in [-0.4, -0.2) is 63.2 Å². The molecule has 1 heterocycles. The summed E-state index contributed by atoms with van der Waals surface area (Å²) in [6.07, 6.45) is 10.5. The number of ether oxygens (including phenoxy) is 1. The predicted octanol–water partition coefficient (Wildman–Crippen LogP) is 2.38. The highest BCUT2D eigenvalue weighted by atomic mass is 127. The third kappa shape index (κ3) is 9.08. The smallest absolute Gasteiger partial charge is 0.243 e. The van der Waals surface area contributed by atoms with E-state index in [9.17, 15) is 4.79 Å². The molecule has 1 unspecified atom stereocenters. The Bertz CT molecular complexity index is 406. The Morgan fingerprint density at radius 2 is 1.92 bits per heavy atom. The Morgan fingerprint density at radius 1 is 1.16 bits per heavy atom. The number of aliphatic imine (C=N–C) groups is 1. The van der Waals surface area contributed by atoms with Gasteiger partial charge in [-0.1, -0.05) is 25.7 Å². The first-order valence-corrected chi connectivity index (χ1v) is 9.49. The number of guanidine groups is 1. The summed E-state index contributed by atoms with van der Waals surface area (Å²) in [5.74, 6) is 1.66. The van der Waals surface area contributed by atoms with E-state index in [1.54, 1.807) is 19.0 Å². The molecule has 1 atom stereocenters. The molecule has 2 aliphatic rings. The first-order valence-electron chi connectivity index (χ1n) is 9.49. The van der Waals surface area contributed by atoms with E-state index in [-0.39, 0.29) is 42.5 Å². The topological polar surface area (TPSA) is 66.0 Å². The normalized spacial score (nSPS) is 21.0. The summed E-state index contributed by atoms with van der Waals surface area (Å²) in [6, 6.07) is 0. The second-order valence-electron chi connectivity index (χ2n) is 7.19. The monoisotopic (exact) mass is 466 g/mol. The second-order valence-corrected chi connectivity index (χ2v) is 7.19. The van der Waals surface area contributed by atoms with Gasteiger partial charge in [-0.05, 0) is 31.6 Å². The summed E-state index contributed by atoms with van der Waals surface area (Å²) in [6.45, 7) is 2.69. The highest BCUT2D eigenvalue weighted by molar-refractivity contribution is 14.0. The Morgan fingerprint density at radius 3 is 2.56 bits per heavy atom. The fourth-order valence-corrected chi connectivity index (χ4v) is 3.37. The third-order valence-electron chi connectivity index (χ3n) is 4.95. The first kappa shape index (κ1) is 22.5. The van der Waals surface area contributed by atoms with Gasteiger partial charge in [-0.15, -0.1) is 24.0 Å². The number of nitrogens with one attached hydrogen (secondary N) is 2. The van der Waals surface area contributed by atoms with Crippen molar-refractivity contribution in [2.45, 2.75) is 57.5 Å². The van der Waals surface area contributed by atoms with Crippen molar-refractivity contribution in [3.63, 3.8) is 0 Å². The van der Waals surface area contributed by atoms with E-state index < -0.39 is 0 Å². The molecular formula is C18H35IN4O2. The van der Waals surface area contributed by atoms with E-state index in [0.29, 0.717) is 0 Å².